The number of halogens is 5. The second-order valence-electron chi connectivity index (χ2n) is 5.70. The molecule has 0 atom stereocenters. The lowest BCUT2D eigenvalue weighted by atomic mass is 10.0. The third kappa shape index (κ3) is 3.27. The number of aromatic carboxylic acids is 1. The summed E-state index contributed by atoms with van der Waals surface area (Å²) < 4.78 is 68.8. The lowest BCUT2D eigenvalue weighted by Crippen LogP contribution is -2.21. The van der Waals surface area contributed by atoms with Gasteiger partial charge < -0.3 is 9.67 Å². The van der Waals surface area contributed by atoms with Gasteiger partial charge in [0, 0.05) is 17.1 Å². The lowest BCUT2D eigenvalue weighted by molar-refractivity contribution is -0.138. The molecule has 1 aromatic heterocycles. The number of rotatable bonds is 3. The monoisotopic (exact) mass is 383 g/mol. The molecule has 3 rings (SSSR count). The number of nitrogens with zero attached hydrogens (tertiary/aromatic N) is 1. The Bertz CT molecular complexity index is 1120. The predicted octanol–water partition coefficient (Wildman–Crippen LogP) is 4.05. The minimum atomic E-state index is -4.87. The van der Waals surface area contributed by atoms with Crippen LogP contribution in [0.5, 0.6) is 0 Å². The quantitative estimate of drug-likeness (QED) is 0.695. The first-order valence-corrected chi connectivity index (χ1v) is 7.51. The molecule has 2 aromatic carbocycles. The van der Waals surface area contributed by atoms with Gasteiger partial charge in [0.1, 0.15) is 17.2 Å². The molecule has 27 heavy (non-hydrogen) atoms. The van der Waals surface area contributed by atoms with Crippen molar-refractivity contribution in [3.05, 3.63) is 81.1 Å². The topological polar surface area (TPSA) is 59.3 Å². The maximum absolute atomic E-state index is 14.3. The maximum Gasteiger partial charge on any atom is 0.416 e. The molecule has 0 saturated heterocycles. The highest BCUT2D eigenvalue weighted by atomic mass is 19.4. The smallest absolute Gasteiger partial charge is 0.416 e. The fourth-order valence-corrected chi connectivity index (χ4v) is 2.85. The van der Waals surface area contributed by atoms with Crippen molar-refractivity contribution in [3.63, 3.8) is 0 Å². The zero-order valence-corrected chi connectivity index (χ0v) is 13.3. The highest BCUT2D eigenvalue weighted by Crippen LogP contribution is 2.34. The summed E-state index contributed by atoms with van der Waals surface area (Å²) >= 11 is 0. The van der Waals surface area contributed by atoms with Crippen molar-refractivity contribution in [1.29, 1.82) is 0 Å². The second kappa shape index (κ2) is 6.49. The number of carbonyl (C=O) groups is 1. The van der Waals surface area contributed by atoms with Crippen LogP contribution in [0.15, 0.2) is 47.4 Å². The molecule has 0 radical (unpaired) electrons. The van der Waals surface area contributed by atoms with Gasteiger partial charge in [-0.3, -0.25) is 4.79 Å². The van der Waals surface area contributed by atoms with Gasteiger partial charge in [-0.1, -0.05) is 12.1 Å². The van der Waals surface area contributed by atoms with Crippen LogP contribution in [0, 0.1) is 11.6 Å². The first-order valence-electron chi connectivity index (χ1n) is 7.51. The van der Waals surface area contributed by atoms with Crippen LogP contribution in [0.3, 0.4) is 0 Å². The summed E-state index contributed by atoms with van der Waals surface area (Å²) in [6.45, 7) is -0.820. The van der Waals surface area contributed by atoms with E-state index in [2.05, 4.69) is 0 Å². The predicted molar refractivity (Wildman–Crippen MR) is 85.6 cm³/mol. The van der Waals surface area contributed by atoms with Crippen molar-refractivity contribution in [2.75, 3.05) is 0 Å². The molecular formula is C18H10F5NO3. The summed E-state index contributed by atoms with van der Waals surface area (Å²) in [5.41, 5.74) is -4.24. The zero-order valence-electron chi connectivity index (χ0n) is 13.3. The van der Waals surface area contributed by atoms with E-state index >= 15 is 0 Å². The van der Waals surface area contributed by atoms with Crippen LogP contribution < -0.4 is 5.43 Å². The van der Waals surface area contributed by atoms with Gasteiger partial charge in [-0.25, -0.2) is 13.6 Å². The van der Waals surface area contributed by atoms with E-state index in [1.165, 1.54) is 6.07 Å². The van der Waals surface area contributed by atoms with Crippen LogP contribution in [0.2, 0.25) is 0 Å². The van der Waals surface area contributed by atoms with E-state index < -0.39 is 58.0 Å². The molecular weight excluding hydrogens is 373 g/mol. The second-order valence-corrected chi connectivity index (χ2v) is 5.70. The van der Waals surface area contributed by atoms with Gasteiger partial charge in [-0.15, -0.1) is 0 Å². The molecule has 0 aliphatic heterocycles. The lowest BCUT2D eigenvalue weighted by Gasteiger charge is -2.17. The van der Waals surface area contributed by atoms with Crippen molar-refractivity contribution >= 4 is 16.9 Å². The first-order chi connectivity index (χ1) is 12.6. The van der Waals surface area contributed by atoms with E-state index in [1.807, 2.05) is 0 Å². The first kappa shape index (κ1) is 18.6. The van der Waals surface area contributed by atoms with E-state index in [0.29, 0.717) is 12.3 Å². The molecule has 0 aliphatic carbocycles. The molecule has 0 unspecified atom stereocenters. The van der Waals surface area contributed by atoms with Gasteiger partial charge in [-0.05, 0) is 24.3 Å². The summed E-state index contributed by atoms with van der Waals surface area (Å²) in [4.78, 5) is 23.5. The van der Waals surface area contributed by atoms with Crippen LogP contribution in [0.25, 0.3) is 10.9 Å². The van der Waals surface area contributed by atoms with Crippen LogP contribution >= 0.6 is 0 Å². The minimum Gasteiger partial charge on any atom is -0.477 e. The van der Waals surface area contributed by atoms with Crippen molar-refractivity contribution in [3.8, 4) is 0 Å². The van der Waals surface area contributed by atoms with E-state index in [-0.39, 0.29) is 5.39 Å². The van der Waals surface area contributed by atoms with Gasteiger partial charge in [0.15, 0.2) is 0 Å². The van der Waals surface area contributed by atoms with E-state index in [0.717, 1.165) is 28.8 Å². The Morgan fingerprint density at radius 1 is 1.04 bits per heavy atom. The van der Waals surface area contributed by atoms with Crippen molar-refractivity contribution < 1.29 is 31.9 Å². The molecule has 4 nitrogen and oxygen atoms in total. The van der Waals surface area contributed by atoms with Gasteiger partial charge in [0.2, 0.25) is 5.43 Å². The zero-order chi connectivity index (χ0) is 19.9. The number of hydrogen-bond acceptors (Lipinski definition) is 2. The number of carboxylic acids is 1. The Kier molecular flexibility index (Phi) is 4.46. The van der Waals surface area contributed by atoms with E-state index in [9.17, 15) is 31.5 Å². The van der Waals surface area contributed by atoms with Crippen molar-refractivity contribution in [2.45, 2.75) is 12.7 Å². The Labute approximate surface area is 148 Å². The SMILES string of the molecule is O=C(O)c1cn(Cc2c(F)cccc2C(F)(F)F)c2c(F)cccc2c1=O. The Morgan fingerprint density at radius 3 is 2.30 bits per heavy atom. The van der Waals surface area contributed by atoms with Gasteiger partial charge in [-0.2, -0.15) is 13.2 Å². The van der Waals surface area contributed by atoms with Crippen LogP contribution in [-0.4, -0.2) is 15.6 Å². The molecule has 1 heterocycles. The number of para-hydroxylation sites is 1. The number of carboxylic acid groups (broad SMARTS) is 1. The Hall–Kier alpha value is -3.23. The van der Waals surface area contributed by atoms with Gasteiger partial charge in [0.25, 0.3) is 0 Å². The number of benzene rings is 2. The molecule has 0 aliphatic rings. The average Bonchev–Trinajstić information content (AvgIpc) is 2.57. The third-order valence-corrected chi connectivity index (χ3v) is 4.03. The van der Waals surface area contributed by atoms with E-state index in [4.69, 9.17) is 5.11 Å². The molecule has 0 fully saturated rings. The van der Waals surface area contributed by atoms with Crippen LogP contribution in [0.4, 0.5) is 22.0 Å². The standard InChI is InChI=1S/C18H10F5NO3/c19-13-5-2-4-12(18(21,22)23)10(13)7-24-8-11(17(26)27)16(25)9-3-1-6-14(20)15(9)24/h1-6,8H,7H2,(H,26,27). The molecule has 140 valence electrons. The summed E-state index contributed by atoms with van der Waals surface area (Å²) in [6.07, 6.45) is -4.16. The fourth-order valence-electron chi connectivity index (χ4n) is 2.85. The summed E-state index contributed by atoms with van der Waals surface area (Å²) in [7, 11) is 0. The summed E-state index contributed by atoms with van der Waals surface area (Å²) in [5, 5.41) is 8.83. The fraction of sp³-hybridized carbons (Fsp3) is 0.111. The summed E-state index contributed by atoms with van der Waals surface area (Å²) in [6, 6.07) is 5.63. The molecule has 9 heteroatoms. The van der Waals surface area contributed by atoms with Crippen molar-refractivity contribution in [1.82, 2.24) is 4.57 Å². The van der Waals surface area contributed by atoms with Gasteiger partial charge in [0.05, 0.1) is 17.6 Å². The number of hydrogen-bond donors (Lipinski definition) is 1. The molecule has 0 amide bonds. The maximum atomic E-state index is 14.3. The number of fused-ring (bicyclic) bond motifs is 1. The Balaban J connectivity index is 2.33. The minimum absolute atomic E-state index is 0.334. The molecule has 0 bridgehead atoms. The third-order valence-electron chi connectivity index (χ3n) is 4.03. The van der Waals surface area contributed by atoms with Gasteiger partial charge >= 0.3 is 12.1 Å². The van der Waals surface area contributed by atoms with Crippen LogP contribution in [-0.2, 0) is 12.7 Å². The summed E-state index contributed by atoms with van der Waals surface area (Å²) in [5.74, 6) is -3.78. The average molecular weight is 383 g/mol. The Morgan fingerprint density at radius 2 is 1.67 bits per heavy atom. The molecule has 0 saturated carbocycles. The number of pyridine rings is 1. The van der Waals surface area contributed by atoms with Crippen molar-refractivity contribution in [2.24, 2.45) is 0 Å². The highest BCUT2D eigenvalue weighted by Gasteiger charge is 2.34. The van der Waals surface area contributed by atoms with E-state index in [1.54, 1.807) is 0 Å². The largest absolute Gasteiger partial charge is 0.477 e. The molecule has 3 aromatic rings. The number of alkyl halides is 3. The molecule has 1 N–H and O–H groups in total. The highest BCUT2D eigenvalue weighted by molar-refractivity contribution is 5.92. The van der Waals surface area contributed by atoms with Crippen LogP contribution in [0.1, 0.15) is 21.5 Å². The number of aromatic nitrogens is 1. The normalized spacial score (nSPS) is 11.7. The molecule has 0 spiro atoms.